The fraction of sp³-hybridized carbons (Fsp3) is 0.125. The van der Waals surface area contributed by atoms with Crippen LogP contribution in [0.15, 0.2) is 133 Å². The van der Waals surface area contributed by atoms with Gasteiger partial charge in [0.1, 0.15) is 0 Å². The number of rotatable bonds is 4. The Morgan fingerprint density at radius 2 is 1.12 bits per heavy atom. The Labute approximate surface area is 204 Å². The van der Waals surface area contributed by atoms with E-state index < -0.39 is 0 Å². The first-order valence-corrected chi connectivity index (χ1v) is 15.6. The summed E-state index contributed by atoms with van der Waals surface area (Å²) in [6, 6.07) is 45.3. The number of hydrogen-bond acceptors (Lipinski definition) is 0. The van der Waals surface area contributed by atoms with Crippen LogP contribution in [-0.4, -0.2) is 0 Å². The molecular formula is C32H26P2. The van der Waals surface area contributed by atoms with Gasteiger partial charge in [0.05, 0.1) is 0 Å². The monoisotopic (exact) mass is 472 g/mol. The zero-order chi connectivity index (χ0) is 22.5. The predicted molar refractivity (Wildman–Crippen MR) is 148 cm³/mol. The van der Waals surface area contributed by atoms with Gasteiger partial charge in [-0.1, -0.05) is 133 Å². The molecule has 5 atom stereocenters. The largest absolute Gasteiger partial charge is 0.0745 e. The van der Waals surface area contributed by atoms with Crippen LogP contribution in [-0.2, 0) is 5.16 Å². The topological polar surface area (TPSA) is 0 Å². The van der Waals surface area contributed by atoms with Gasteiger partial charge in [0.25, 0.3) is 0 Å². The summed E-state index contributed by atoms with van der Waals surface area (Å²) >= 11 is 0. The lowest BCUT2D eigenvalue weighted by atomic mass is 9.78. The summed E-state index contributed by atoms with van der Waals surface area (Å²) in [5.41, 5.74) is 6.52. The highest BCUT2D eigenvalue weighted by Crippen LogP contribution is 3.04. The van der Waals surface area contributed by atoms with Crippen LogP contribution in [0.25, 0.3) is 10.6 Å². The highest BCUT2D eigenvalue weighted by Gasteiger charge is 2.66. The molecule has 0 aromatic heterocycles. The quantitative estimate of drug-likeness (QED) is 0.259. The third kappa shape index (κ3) is 2.92. The van der Waals surface area contributed by atoms with Gasteiger partial charge in [-0.05, 0) is 54.5 Å². The van der Waals surface area contributed by atoms with Crippen molar-refractivity contribution in [3.8, 4) is 0 Å². The Balaban J connectivity index is 1.48. The van der Waals surface area contributed by atoms with Crippen molar-refractivity contribution in [3.63, 3.8) is 0 Å². The second-order valence-corrected chi connectivity index (χ2v) is 15.5. The van der Waals surface area contributed by atoms with Gasteiger partial charge in [0, 0.05) is 16.7 Å². The summed E-state index contributed by atoms with van der Waals surface area (Å²) in [5.74, 6) is 0.530. The zero-order valence-electron chi connectivity index (χ0n) is 19.0. The first-order chi connectivity index (χ1) is 16.9. The van der Waals surface area contributed by atoms with E-state index in [1.165, 1.54) is 16.7 Å². The van der Waals surface area contributed by atoms with Crippen LogP contribution in [0.1, 0.15) is 34.3 Å². The fourth-order valence-electron chi connectivity index (χ4n) is 6.34. The molecule has 164 valence electrons. The van der Waals surface area contributed by atoms with Gasteiger partial charge in [-0.15, -0.1) is 0 Å². The molecule has 4 aromatic rings. The molecular weight excluding hydrogens is 446 g/mol. The van der Waals surface area contributed by atoms with Crippen molar-refractivity contribution < 1.29 is 0 Å². The number of fused-ring (bicyclic) bond motifs is 5. The number of allylic oxidation sites excluding steroid dienone is 2. The first-order valence-electron chi connectivity index (χ1n) is 12.1. The van der Waals surface area contributed by atoms with Crippen LogP contribution in [0, 0.1) is 5.92 Å². The third-order valence-corrected chi connectivity index (χ3v) is 17.0. The molecule has 0 amide bonds. The van der Waals surface area contributed by atoms with Crippen LogP contribution < -0.4 is 0 Å². The van der Waals surface area contributed by atoms with Gasteiger partial charge in [0.15, 0.2) is 0 Å². The molecule has 2 unspecified atom stereocenters. The van der Waals surface area contributed by atoms with Gasteiger partial charge in [-0.2, -0.15) is 0 Å². The van der Waals surface area contributed by atoms with Crippen molar-refractivity contribution in [2.24, 2.45) is 5.92 Å². The van der Waals surface area contributed by atoms with Crippen LogP contribution in [0.3, 0.4) is 0 Å². The van der Waals surface area contributed by atoms with Crippen LogP contribution in [0.5, 0.6) is 0 Å². The summed E-state index contributed by atoms with van der Waals surface area (Å²) in [5, 5.41) is 3.47. The van der Waals surface area contributed by atoms with Crippen LogP contribution in [0.4, 0.5) is 0 Å². The van der Waals surface area contributed by atoms with Crippen LogP contribution in [0.2, 0.25) is 0 Å². The maximum atomic E-state index is 2.70. The lowest BCUT2D eigenvalue weighted by molar-refractivity contribution is 0.465. The standard InChI is InChI=1S/C32H26P2/c1-5-13-24(14-6-1)29-21-22-32(27-19-11-4-12-20-27)28-23-30(25-15-7-2-8-16-25)33(34(29)32)31(28)26-17-9-3-10-18-26/h1-21,23,28,31H,22H2/t28-,31+,32+,33?,34?/m0/s1. The van der Waals surface area contributed by atoms with Gasteiger partial charge in [-0.3, -0.25) is 0 Å². The molecule has 2 bridgehead atoms. The van der Waals surface area contributed by atoms with Crippen LogP contribution >= 0.6 is 15.2 Å². The average Bonchev–Trinajstić information content (AvgIpc) is 3.58. The van der Waals surface area contributed by atoms with E-state index >= 15 is 0 Å². The molecule has 0 spiro atoms. The molecule has 2 heteroatoms. The Kier molecular flexibility index (Phi) is 4.94. The van der Waals surface area contributed by atoms with E-state index in [1.54, 1.807) is 16.2 Å². The van der Waals surface area contributed by atoms with E-state index in [9.17, 15) is 0 Å². The van der Waals surface area contributed by atoms with Crippen molar-refractivity contribution in [2.45, 2.75) is 17.2 Å². The SMILES string of the molecule is C1=C(c2ccccc2)P2[C@H](c3ccccc3)[C@H]1[C@]1(c3ccccc3)CC=C(c3ccccc3)P21. The van der Waals surface area contributed by atoms with Gasteiger partial charge in [-0.25, -0.2) is 0 Å². The predicted octanol–water partition coefficient (Wildman–Crippen LogP) is 9.63. The molecule has 0 aliphatic carbocycles. The van der Waals surface area contributed by atoms with Gasteiger partial charge >= 0.3 is 0 Å². The Bertz CT molecular complexity index is 1380. The van der Waals surface area contributed by atoms with E-state index in [4.69, 9.17) is 0 Å². The molecule has 4 aromatic carbocycles. The lowest BCUT2D eigenvalue weighted by Crippen LogP contribution is -2.28. The van der Waals surface area contributed by atoms with Crippen molar-refractivity contribution >= 4 is 25.8 Å². The average molecular weight is 473 g/mol. The van der Waals surface area contributed by atoms with Crippen molar-refractivity contribution in [1.29, 1.82) is 0 Å². The Morgan fingerprint density at radius 1 is 0.588 bits per heavy atom. The minimum Gasteiger partial charge on any atom is -0.0745 e. The minimum atomic E-state index is -0.375. The smallest absolute Gasteiger partial charge is 0.0343 e. The van der Waals surface area contributed by atoms with Crippen molar-refractivity contribution in [3.05, 3.63) is 156 Å². The third-order valence-electron chi connectivity index (χ3n) is 7.72. The summed E-state index contributed by atoms with van der Waals surface area (Å²) < 4.78 is 0. The van der Waals surface area contributed by atoms with Gasteiger partial charge in [0.2, 0.25) is 0 Å². The molecule has 0 radical (unpaired) electrons. The molecule has 34 heavy (non-hydrogen) atoms. The summed E-state index contributed by atoms with van der Waals surface area (Å²) in [6.07, 6.45) is 6.46. The van der Waals surface area contributed by atoms with E-state index in [0.717, 1.165) is 6.42 Å². The zero-order valence-corrected chi connectivity index (χ0v) is 20.7. The van der Waals surface area contributed by atoms with Gasteiger partial charge < -0.3 is 0 Å². The molecule has 3 aliphatic heterocycles. The normalized spacial score (nSPS) is 28.9. The first kappa shape index (κ1) is 20.6. The molecule has 1 fully saturated rings. The maximum Gasteiger partial charge on any atom is 0.0343 e. The maximum absolute atomic E-state index is 2.70. The van der Waals surface area contributed by atoms with E-state index in [0.29, 0.717) is 11.6 Å². The molecule has 1 saturated heterocycles. The van der Waals surface area contributed by atoms with E-state index in [1.807, 2.05) is 0 Å². The van der Waals surface area contributed by atoms with E-state index in [2.05, 4.69) is 133 Å². The molecule has 0 N–H and O–H groups in total. The number of hydrogen-bond donors (Lipinski definition) is 0. The number of benzene rings is 4. The molecule has 0 nitrogen and oxygen atoms in total. The molecule has 3 heterocycles. The molecule has 7 rings (SSSR count). The minimum absolute atomic E-state index is 0.201. The lowest BCUT2D eigenvalue weighted by Gasteiger charge is -2.41. The highest BCUT2D eigenvalue weighted by molar-refractivity contribution is 8.39. The fourth-order valence-corrected chi connectivity index (χ4v) is 18.1. The highest BCUT2D eigenvalue weighted by atomic mass is 32.1. The summed E-state index contributed by atoms with van der Waals surface area (Å²) in [7, 11) is -0.741. The summed E-state index contributed by atoms with van der Waals surface area (Å²) in [6.45, 7) is 0. The molecule has 3 aliphatic rings. The second kappa shape index (κ2) is 8.16. The van der Waals surface area contributed by atoms with E-state index in [-0.39, 0.29) is 20.4 Å². The van der Waals surface area contributed by atoms with Crippen molar-refractivity contribution in [2.75, 3.05) is 0 Å². The molecule has 0 saturated carbocycles. The van der Waals surface area contributed by atoms with Crippen molar-refractivity contribution in [1.82, 2.24) is 0 Å². The Morgan fingerprint density at radius 3 is 1.74 bits per heavy atom. The summed E-state index contributed by atoms with van der Waals surface area (Å²) in [4.78, 5) is 0. The Hall–Kier alpha value is -2.78. The second-order valence-electron chi connectivity index (χ2n) is 9.41.